The van der Waals surface area contributed by atoms with E-state index in [1.807, 2.05) is 0 Å². The van der Waals surface area contributed by atoms with Crippen molar-refractivity contribution in [1.29, 1.82) is 0 Å². The van der Waals surface area contributed by atoms with Crippen LogP contribution in [-0.2, 0) is 8.23 Å². The summed E-state index contributed by atoms with van der Waals surface area (Å²) in [5, 5.41) is 2.11. The molecule has 0 aliphatic heterocycles. The molecule has 0 saturated carbocycles. The molecule has 17 heavy (non-hydrogen) atoms. The zero-order valence-electron chi connectivity index (χ0n) is 12.0. The highest BCUT2D eigenvalue weighted by molar-refractivity contribution is 7.24. The molecule has 0 atom stereocenters. The van der Waals surface area contributed by atoms with Crippen molar-refractivity contribution in [3.8, 4) is 0 Å². The lowest BCUT2D eigenvalue weighted by atomic mass is 10.7. The van der Waals surface area contributed by atoms with E-state index in [1.54, 1.807) is 11.3 Å². The van der Waals surface area contributed by atoms with Crippen LogP contribution in [-0.4, -0.2) is 25.2 Å². The Kier molecular flexibility index (Phi) is 4.60. The first-order valence-electron chi connectivity index (χ1n) is 5.96. The van der Waals surface area contributed by atoms with Crippen molar-refractivity contribution in [2.45, 2.75) is 45.8 Å². The first-order valence-corrected chi connectivity index (χ1v) is 16.0. The lowest BCUT2D eigenvalue weighted by molar-refractivity contribution is 0.406. The second-order valence-corrected chi connectivity index (χ2v) is 20.2. The van der Waals surface area contributed by atoms with E-state index in [-0.39, 0.29) is 0 Å². The molecule has 6 heteroatoms. The third-order valence-electron chi connectivity index (χ3n) is 1.97. The van der Waals surface area contributed by atoms with Crippen molar-refractivity contribution in [2.24, 2.45) is 0 Å². The predicted octanol–water partition coefficient (Wildman–Crippen LogP) is 3.73. The lowest BCUT2D eigenvalue weighted by Crippen LogP contribution is -2.59. The predicted molar refractivity (Wildman–Crippen MR) is 84.4 cm³/mol. The standard InChI is InChI=1S/C11H24O2SSi3/c1-15(2,3)12-17(7,13-16(4,5)6)11-9-8-10-14-11/h8-10H,1-7H3. The van der Waals surface area contributed by atoms with Crippen molar-refractivity contribution in [3.63, 3.8) is 0 Å². The summed E-state index contributed by atoms with van der Waals surface area (Å²) in [4.78, 5) is 0. The normalized spacial score (nSPS) is 14.1. The van der Waals surface area contributed by atoms with Crippen molar-refractivity contribution >= 4 is 41.0 Å². The van der Waals surface area contributed by atoms with Gasteiger partial charge in [-0.15, -0.1) is 11.3 Å². The molecular weight excluding hydrogens is 280 g/mol. The summed E-state index contributed by atoms with van der Waals surface area (Å²) < 4.78 is 14.2. The van der Waals surface area contributed by atoms with Gasteiger partial charge in [0.25, 0.3) is 0 Å². The van der Waals surface area contributed by atoms with Crippen LogP contribution < -0.4 is 4.50 Å². The molecule has 0 fully saturated rings. The van der Waals surface area contributed by atoms with Gasteiger partial charge in [-0.3, -0.25) is 0 Å². The Morgan fingerprint density at radius 1 is 0.882 bits per heavy atom. The number of hydrogen-bond acceptors (Lipinski definition) is 3. The van der Waals surface area contributed by atoms with Crippen LogP contribution in [0.3, 0.4) is 0 Å². The Morgan fingerprint density at radius 3 is 1.65 bits per heavy atom. The Labute approximate surface area is 112 Å². The molecule has 1 aromatic rings. The van der Waals surface area contributed by atoms with E-state index in [2.05, 4.69) is 63.3 Å². The van der Waals surface area contributed by atoms with Crippen LogP contribution in [0.2, 0.25) is 45.8 Å². The zero-order chi connectivity index (χ0) is 13.3. The van der Waals surface area contributed by atoms with Crippen molar-refractivity contribution in [3.05, 3.63) is 17.5 Å². The maximum Gasteiger partial charge on any atom is 0.359 e. The summed E-state index contributed by atoms with van der Waals surface area (Å²) in [7, 11) is -5.37. The molecule has 1 aromatic heterocycles. The van der Waals surface area contributed by atoms with Crippen molar-refractivity contribution in [2.75, 3.05) is 0 Å². The molecule has 0 radical (unpaired) electrons. The van der Waals surface area contributed by atoms with E-state index in [9.17, 15) is 0 Å². The topological polar surface area (TPSA) is 18.5 Å². The van der Waals surface area contributed by atoms with Crippen LogP contribution in [0, 0.1) is 0 Å². The third kappa shape index (κ3) is 5.19. The number of rotatable bonds is 5. The summed E-state index contributed by atoms with van der Waals surface area (Å²) in [5.41, 5.74) is 0. The van der Waals surface area contributed by atoms with Crippen LogP contribution >= 0.6 is 11.3 Å². The number of hydrogen-bond donors (Lipinski definition) is 0. The summed E-state index contributed by atoms with van der Waals surface area (Å²) in [6.07, 6.45) is 0. The fourth-order valence-electron chi connectivity index (χ4n) is 1.83. The molecule has 0 N–H and O–H groups in total. The summed E-state index contributed by atoms with van der Waals surface area (Å²) in [6, 6.07) is 4.25. The molecule has 2 nitrogen and oxygen atoms in total. The van der Waals surface area contributed by atoms with Crippen LogP contribution in [0.25, 0.3) is 0 Å². The Morgan fingerprint density at radius 2 is 1.35 bits per heavy atom. The van der Waals surface area contributed by atoms with E-state index in [4.69, 9.17) is 8.23 Å². The minimum atomic E-state index is -2.20. The molecule has 0 aliphatic carbocycles. The monoisotopic (exact) mass is 304 g/mol. The van der Waals surface area contributed by atoms with E-state index in [0.717, 1.165) is 0 Å². The third-order valence-corrected chi connectivity index (χ3v) is 13.2. The summed E-state index contributed by atoms with van der Waals surface area (Å²) in [5.74, 6) is 0. The molecule has 1 rings (SSSR count). The van der Waals surface area contributed by atoms with Gasteiger partial charge in [0.05, 0.1) is 0 Å². The fraction of sp³-hybridized carbons (Fsp3) is 0.636. The maximum absolute atomic E-state index is 6.45. The second-order valence-electron chi connectivity index (χ2n) is 6.35. The van der Waals surface area contributed by atoms with E-state index >= 15 is 0 Å². The van der Waals surface area contributed by atoms with Gasteiger partial charge in [0.2, 0.25) is 0 Å². The Bertz CT molecular complexity index is 336. The van der Waals surface area contributed by atoms with E-state index in [1.165, 1.54) is 4.50 Å². The van der Waals surface area contributed by atoms with Gasteiger partial charge in [-0.2, -0.15) is 0 Å². The fourth-order valence-corrected chi connectivity index (χ4v) is 15.2. The van der Waals surface area contributed by atoms with Gasteiger partial charge in [-0.05, 0) is 57.3 Å². The van der Waals surface area contributed by atoms with Gasteiger partial charge in [0.1, 0.15) is 0 Å². The maximum atomic E-state index is 6.45. The highest BCUT2D eigenvalue weighted by Gasteiger charge is 2.42. The van der Waals surface area contributed by atoms with Crippen LogP contribution in [0.4, 0.5) is 0 Å². The molecule has 1 heterocycles. The average Bonchev–Trinajstić information content (AvgIpc) is 2.45. The molecule has 0 unspecified atom stereocenters. The van der Waals surface area contributed by atoms with Crippen LogP contribution in [0.5, 0.6) is 0 Å². The van der Waals surface area contributed by atoms with Gasteiger partial charge in [0.15, 0.2) is 16.6 Å². The van der Waals surface area contributed by atoms with Gasteiger partial charge in [0, 0.05) is 4.50 Å². The van der Waals surface area contributed by atoms with Crippen LogP contribution in [0.15, 0.2) is 17.5 Å². The molecule has 0 spiro atoms. The van der Waals surface area contributed by atoms with E-state index < -0.39 is 25.2 Å². The molecular formula is C11H24O2SSi3. The van der Waals surface area contributed by atoms with E-state index in [0.29, 0.717) is 0 Å². The Hall–Kier alpha value is 0.271. The Balaban J connectivity index is 3.01. The van der Waals surface area contributed by atoms with Crippen molar-refractivity contribution in [1.82, 2.24) is 0 Å². The molecule has 0 bridgehead atoms. The zero-order valence-corrected chi connectivity index (χ0v) is 15.8. The second kappa shape index (κ2) is 5.10. The molecule has 0 amide bonds. The minimum Gasteiger partial charge on any atom is -0.433 e. The molecule has 0 saturated heterocycles. The minimum absolute atomic E-state index is 1.31. The van der Waals surface area contributed by atoms with Gasteiger partial charge in [-0.25, -0.2) is 0 Å². The largest absolute Gasteiger partial charge is 0.433 e. The molecule has 0 aliphatic rings. The van der Waals surface area contributed by atoms with Gasteiger partial charge >= 0.3 is 8.56 Å². The highest BCUT2D eigenvalue weighted by Crippen LogP contribution is 2.22. The first kappa shape index (κ1) is 15.3. The molecule has 0 aromatic carbocycles. The smallest absolute Gasteiger partial charge is 0.359 e. The highest BCUT2D eigenvalue weighted by atomic mass is 32.1. The number of thiophene rings is 1. The lowest BCUT2D eigenvalue weighted by Gasteiger charge is -2.37. The summed E-state index contributed by atoms with van der Waals surface area (Å²) >= 11 is 1.77. The first-order chi connectivity index (χ1) is 7.52. The quantitative estimate of drug-likeness (QED) is 0.772. The molecule has 98 valence electrons. The van der Waals surface area contributed by atoms with Crippen molar-refractivity contribution < 1.29 is 8.23 Å². The van der Waals surface area contributed by atoms with Crippen LogP contribution in [0.1, 0.15) is 0 Å². The van der Waals surface area contributed by atoms with Gasteiger partial charge < -0.3 is 8.23 Å². The average molecular weight is 305 g/mol. The van der Waals surface area contributed by atoms with Gasteiger partial charge in [-0.1, -0.05) is 6.07 Å². The summed E-state index contributed by atoms with van der Waals surface area (Å²) in [6.45, 7) is 15.6. The SMILES string of the molecule is C[Si](C)(C)O[Si](C)(O[Si](C)(C)C)c1cccs1.